The fourth-order valence-corrected chi connectivity index (χ4v) is 2.58. The van der Waals surface area contributed by atoms with E-state index < -0.39 is 0 Å². The molecule has 5 nitrogen and oxygen atoms in total. The molecular weight excluding hydrogens is 436 g/mol. The number of hydrogen-bond acceptors (Lipinski definition) is 3. The Kier molecular flexibility index (Phi) is 7.30. The van der Waals surface area contributed by atoms with Crippen molar-refractivity contribution in [1.29, 1.82) is 0 Å². The summed E-state index contributed by atoms with van der Waals surface area (Å²) in [6, 6.07) is 13.9. The number of benzene rings is 2. The van der Waals surface area contributed by atoms with E-state index in [-0.39, 0.29) is 35.8 Å². The summed E-state index contributed by atoms with van der Waals surface area (Å²) in [7, 11) is 0. The first-order valence-corrected chi connectivity index (χ1v) is 7.89. The highest BCUT2D eigenvalue weighted by molar-refractivity contribution is 14.0. The Bertz CT molecular complexity index is 710. The lowest BCUT2D eigenvalue weighted by Gasteiger charge is -2.26. The minimum Gasteiger partial charge on any atom is -0.493 e. The molecule has 2 aromatic carbocycles. The molecule has 0 saturated carbocycles. The van der Waals surface area contributed by atoms with Crippen LogP contribution in [0.2, 0.25) is 0 Å². The zero-order chi connectivity index (χ0) is 16.8. The number of guanidine groups is 1. The number of nitrogens with two attached hydrogens (primary N) is 1. The van der Waals surface area contributed by atoms with Crippen molar-refractivity contribution in [3.8, 4) is 11.5 Å². The third-order valence-electron chi connectivity index (χ3n) is 3.74. The summed E-state index contributed by atoms with van der Waals surface area (Å²) in [6.07, 6.45) is 0.833. The van der Waals surface area contributed by atoms with Gasteiger partial charge in [-0.05, 0) is 30.3 Å². The van der Waals surface area contributed by atoms with Crippen molar-refractivity contribution < 1.29 is 13.9 Å². The molecule has 0 aliphatic carbocycles. The maximum atomic E-state index is 12.8. The molecule has 3 rings (SSSR count). The van der Waals surface area contributed by atoms with Gasteiger partial charge in [0.15, 0.2) is 5.96 Å². The van der Waals surface area contributed by atoms with E-state index in [2.05, 4.69) is 10.3 Å². The molecule has 1 atom stereocenters. The summed E-state index contributed by atoms with van der Waals surface area (Å²) in [5.41, 5.74) is 7.04. The van der Waals surface area contributed by atoms with Gasteiger partial charge in [-0.1, -0.05) is 18.2 Å². The van der Waals surface area contributed by atoms with E-state index in [1.54, 1.807) is 12.1 Å². The first kappa shape index (κ1) is 19.3. The van der Waals surface area contributed by atoms with Crippen LogP contribution in [0.25, 0.3) is 0 Å². The molecule has 0 saturated heterocycles. The number of ether oxygens (including phenoxy) is 2. The first-order chi connectivity index (χ1) is 11.7. The topological polar surface area (TPSA) is 68.9 Å². The summed E-state index contributed by atoms with van der Waals surface area (Å²) in [5.74, 6) is 1.58. The summed E-state index contributed by atoms with van der Waals surface area (Å²) in [6.45, 7) is 1.44. The second-order valence-corrected chi connectivity index (χ2v) is 5.44. The van der Waals surface area contributed by atoms with Crippen molar-refractivity contribution in [3.63, 3.8) is 0 Å². The molecule has 7 heteroatoms. The number of para-hydroxylation sites is 1. The van der Waals surface area contributed by atoms with Gasteiger partial charge in [0, 0.05) is 12.0 Å². The molecule has 0 aromatic heterocycles. The standard InChI is InChI=1S/C18H20FN3O2.HI/c19-13-5-7-14(8-6-13)23-12-10-21-18(20)22-16-9-11-24-17-4-2-1-3-15(16)17;/h1-8,16H,9-12H2,(H3,20,21,22);1H. The monoisotopic (exact) mass is 457 g/mol. The molecule has 1 heterocycles. The second kappa shape index (κ2) is 9.45. The van der Waals surface area contributed by atoms with Crippen molar-refractivity contribution in [1.82, 2.24) is 5.32 Å². The minimum atomic E-state index is -0.287. The van der Waals surface area contributed by atoms with Crippen molar-refractivity contribution in [3.05, 3.63) is 59.9 Å². The molecule has 2 aromatic rings. The Morgan fingerprint density at radius 1 is 1.24 bits per heavy atom. The van der Waals surface area contributed by atoms with Gasteiger partial charge in [-0.3, -0.25) is 0 Å². The van der Waals surface area contributed by atoms with E-state index in [4.69, 9.17) is 15.2 Å². The highest BCUT2D eigenvalue weighted by Gasteiger charge is 2.21. The molecule has 1 unspecified atom stereocenters. The van der Waals surface area contributed by atoms with E-state index in [1.807, 2.05) is 24.3 Å². The highest BCUT2D eigenvalue weighted by atomic mass is 127. The summed E-state index contributed by atoms with van der Waals surface area (Å²) >= 11 is 0. The van der Waals surface area contributed by atoms with Crippen molar-refractivity contribution in [2.24, 2.45) is 10.7 Å². The van der Waals surface area contributed by atoms with E-state index >= 15 is 0 Å². The van der Waals surface area contributed by atoms with E-state index in [1.165, 1.54) is 12.1 Å². The van der Waals surface area contributed by atoms with Gasteiger partial charge >= 0.3 is 0 Å². The van der Waals surface area contributed by atoms with Gasteiger partial charge < -0.3 is 20.5 Å². The zero-order valence-electron chi connectivity index (χ0n) is 13.7. The van der Waals surface area contributed by atoms with E-state index in [9.17, 15) is 4.39 Å². The third kappa shape index (κ3) is 5.48. The Balaban J connectivity index is 0.00000225. The predicted octanol–water partition coefficient (Wildman–Crippen LogP) is 3.25. The largest absolute Gasteiger partial charge is 0.493 e. The number of rotatable bonds is 5. The Morgan fingerprint density at radius 3 is 2.80 bits per heavy atom. The molecule has 3 N–H and O–H groups in total. The van der Waals surface area contributed by atoms with Gasteiger partial charge in [-0.25, -0.2) is 9.38 Å². The Morgan fingerprint density at radius 2 is 2.00 bits per heavy atom. The molecule has 0 bridgehead atoms. The van der Waals surface area contributed by atoms with Gasteiger partial charge in [0.25, 0.3) is 0 Å². The molecule has 25 heavy (non-hydrogen) atoms. The molecule has 0 spiro atoms. The van der Waals surface area contributed by atoms with Crippen LogP contribution in [0.4, 0.5) is 4.39 Å². The number of halogens is 2. The SMILES string of the molecule is I.NC(=NCCOc1ccc(F)cc1)NC1CCOc2ccccc21. The molecular formula is C18H21FIN3O2. The predicted molar refractivity (Wildman–Crippen MR) is 106 cm³/mol. The maximum absolute atomic E-state index is 12.8. The van der Waals surface area contributed by atoms with Crippen LogP contribution in [-0.4, -0.2) is 25.7 Å². The number of fused-ring (bicyclic) bond motifs is 1. The fraction of sp³-hybridized carbons (Fsp3) is 0.278. The summed E-state index contributed by atoms with van der Waals surface area (Å²) in [5, 5.41) is 3.22. The van der Waals surface area contributed by atoms with Crippen molar-refractivity contribution >= 4 is 29.9 Å². The average Bonchev–Trinajstić information content (AvgIpc) is 2.61. The number of nitrogens with zero attached hydrogens (tertiary/aromatic N) is 1. The lowest BCUT2D eigenvalue weighted by molar-refractivity contribution is 0.262. The van der Waals surface area contributed by atoms with Gasteiger partial charge in [0.05, 0.1) is 19.2 Å². The van der Waals surface area contributed by atoms with E-state index in [0.29, 0.717) is 31.5 Å². The van der Waals surface area contributed by atoms with Crippen LogP contribution in [0.1, 0.15) is 18.0 Å². The van der Waals surface area contributed by atoms with Crippen LogP contribution >= 0.6 is 24.0 Å². The second-order valence-electron chi connectivity index (χ2n) is 5.44. The number of hydrogen-bond donors (Lipinski definition) is 2. The highest BCUT2D eigenvalue weighted by Crippen LogP contribution is 2.31. The van der Waals surface area contributed by atoms with Crippen LogP contribution < -0.4 is 20.5 Å². The van der Waals surface area contributed by atoms with Crippen LogP contribution in [0.3, 0.4) is 0 Å². The normalized spacial score (nSPS) is 16.2. The molecule has 0 fully saturated rings. The minimum absolute atomic E-state index is 0. The van der Waals surface area contributed by atoms with Gasteiger partial charge in [0.1, 0.15) is 23.9 Å². The summed E-state index contributed by atoms with van der Waals surface area (Å²) in [4.78, 5) is 4.27. The number of aliphatic imine (C=N–C) groups is 1. The Labute approximate surface area is 163 Å². The molecule has 0 radical (unpaired) electrons. The smallest absolute Gasteiger partial charge is 0.189 e. The lowest BCUT2D eigenvalue weighted by atomic mass is 10.0. The van der Waals surface area contributed by atoms with Crippen LogP contribution in [0, 0.1) is 5.82 Å². The number of nitrogens with one attached hydrogen (secondary N) is 1. The van der Waals surface area contributed by atoms with E-state index in [0.717, 1.165) is 17.7 Å². The van der Waals surface area contributed by atoms with Crippen LogP contribution in [-0.2, 0) is 0 Å². The average molecular weight is 457 g/mol. The quantitative estimate of drug-likeness (QED) is 0.313. The molecule has 0 amide bonds. The third-order valence-corrected chi connectivity index (χ3v) is 3.74. The molecule has 1 aliphatic rings. The lowest BCUT2D eigenvalue weighted by Crippen LogP contribution is -2.37. The van der Waals surface area contributed by atoms with Crippen LogP contribution in [0.5, 0.6) is 11.5 Å². The fourth-order valence-electron chi connectivity index (χ4n) is 2.58. The van der Waals surface area contributed by atoms with Gasteiger partial charge in [-0.2, -0.15) is 0 Å². The maximum Gasteiger partial charge on any atom is 0.189 e. The van der Waals surface area contributed by atoms with Gasteiger partial charge in [-0.15, -0.1) is 24.0 Å². The van der Waals surface area contributed by atoms with Crippen molar-refractivity contribution in [2.45, 2.75) is 12.5 Å². The van der Waals surface area contributed by atoms with Gasteiger partial charge in [0.2, 0.25) is 0 Å². The zero-order valence-corrected chi connectivity index (χ0v) is 16.0. The summed E-state index contributed by atoms with van der Waals surface area (Å²) < 4.78 is 23.9. The first-order valence-electron chi connectivity index (χ1n) is 7.89. The molecule has 1 aliphatic heterocycles. The Hall–Kier alpha value is -2.03. The molecule has 134 valence electrons. The van der Waals surface area contributed by atoms with Crippen molar-refractivity contribution in [2.75, 3.05) is 19.8 Å². The van der Waals surface area contributed by atoms with Crippen LogP contribution in [0.15, 0.2) is 53.5 Å².